The molecule has 9 heteroatoms. The van der Waals surface area contributed by atoms with Crippen LogP contribution in [0, 0.1) is 5.92 Å². The van der Waals surface area contributed by atoms with Crippen LogP contribution >= 0.6 is 0 Å². The molecule has 2 amide bonds. The number of amides is 2. The van der Waals surface area contributed by atoms with Gasteiger partial charge in [-0.15, -0.1) is 0 Å². The van der Waals surface area contributed by atoms with Gasteiger partial charge < -0.3 is 30.2 Å². The summed E-state index contributed by atoms with van der Waals surface area (Å²) in [4.78, 5) is 40.6. The Kier molecular flexibility index (Phi) is 8.23. The number of hydrogen-bond acceptors (Lipinski definition) is 5. The molecule has 1 aromatic carbocycles. The predicted octanol–water partition coefficient (Wildman–Crippen LogP) is 1.76. The highest BCUT2D eigenvalue weighted by atomic mass is 16.5. The molecule has 0 aliphatic rings. The minimum Gasteiger partial charge on any atom is -0.480 e. The van der Waals surface area contributed by atoms with E-state index < -0.39 is 30.1 Å². The number of carboxylic acid groups (broad SMARTS) is 1. The zero-order valence-corrected chi connectivity index (χ0v) is 17.4. The Morgan fingerprint density at radius 3 is 2.53 bits per heavy atom. The first-order chi connectivity index (χ1) is 14.2. The maximum Gasteiger partial charge on any atom is 0.336 e. The molecule has 0 radical (unpaired) electrons. The highest BCUT2D eigenvalue weighted by molar-refractivity contribution is 5.86. The number of para-hydroxylation sites is 1. The number of benzene rings is 1. The summed E-state index contributed by atoms with van der Waals surface area (Å²) in [5.74, 6) is -1.96. The van der Waals surface area contributed by atoms with Gasteiger partial charge in [0.25, 0.3) is 0 Å². The number of H-pyrrole nitrogens is 1. The van der Waals surface area contributed by atoms with E-state index in [4.69, 9.17) is 4.74 Å². The second kappa shape index (κ2) is 10.6. The van der Waals surface area contributed by atoms with E-state index >= 15 is 0 Å². The summed E-state index contributed by atoms with van der Waals surface area (Å²) in [6.07, 6.45) is 0.302. The van der Waals surface area contributed by atoms with E-state index in [2.05, 4.69) is 10.3 Å². The van der Waals surface area contributed by atoms with Gasteiger partial charge in [0, 0.05) is 30.1 Å². The van der Waals surface area contributed by atoms with Crippen molar-refractivity contribution in [2.75, 3.05) is 19.7 Å². The molecule has 0 unspecified atom stereocenters. The van der Waals surface area contributed by atoms with Crippen LogP contribution in [-0.4, -0.2) is 69.9 Å². The molecule has 9 nitrogen and oxygen atoms in total. The van der Waals surface area contributed by atoms with Gasteiger partial charge in [0.05, 0.1) is 13.2 Å². The second-order valence-electron chi connectivity index (χ2n) is 7.47. The van der Waals surface area contributed by atoms with Crippen LogP contribution in [0.4, 0.5) is 4.79 Å². The number of aliphatic hydroxyl groups is 1. The number of nitrogens with zero attached hydrogens (tertiary/aromatic N) is 1. The molecule has 1 aromatic heterocycles. The maximum absolute atomic E-state index is 12.8. The number of carbonyl (C=O) groups excluding carboxylic acids is 2. The normalized spacial score (nSPS) is 13.1. The molecule has 0 aliphatic heterocycles. The van der Waals surface area contributed by atoms with E-state index in [1.54, 1.807) is 13.1 Å². The van der Waals surface area contributed by atoms with Crippen molar-refractivity contribution in [3.8, 4) is 0 Å². The summed E-state index contributed by atoms with van der Waals surface area (Å²) in [5, 5.41) is 23.1. The summed E-state index contributed by atoms with van der Waals surface area (Å²) < 4.78 is 4.77. The fraction of sp³-hybridized carbons (Fsp3) is 0.476. The molecular weight excluding hydrogens is 390 g/mol. The van der Waals surface area contributed by atoms with Crippen LogP contribution in [0.3, 0.4) is 0 Å². The summed E-state index contributed by atoms with van der Waals surface area (Å²) in [7, 11) is 0. The Morgan fingerprint density at radius 1 is 1.20 bits per heavy atom. The summed E-state index contributed by atoms with van der Waals surface area (Å²) >= 11 is 0. The molecule has 0 saturated carbocycles. The number of aliphatic carboxylic acids is 1. The van der Waals surface area contributed by atoms with Gasteiger partial charge in [0.2, 0.25) is 0 Å². The minimum atomic E-state index is -1.51. The number of nitrogens with one attached hydrogen (secondary N) is 2. The number of aliphatic hydroxyl groups excluding tert-OH is 1. The van der Waals surface area contributed by atoms with E-state index in [9.17, 15) is 24.6 Å². The number of fused-ring (bicyclic) bond motifs is 1. The van der Waals surface area contributed by atoms with Crippen LogP contribution in [-0.2, 0) is 20.7 Å². The van der Waals surface area contributed by atoms with Crippen molar-refractivity contribution in [2.24, 2.45) is 5.92 Å². The number of esters is 1. The Hall–Kier alpha value is -3.07. The van der Waals surface area contributed by atoms with Crippen molar-refractivity contribution in [2.45, 2.75) is 39.3 Å². The topological polar surface area (TPSA) is 132 Å². The first kappa shape index (κ1) is 23.2. The van der Waals surface area contributed by atoms with Crippen molar-refractivity contribution in [1.29, 1.82) is 0 Å². The summed E-state index contributed by atoms with van der Waals surface area (Å²) in [6, 6.07) is 5.65. The van der Waals surface area contributed by atoms with E-state index in [0.717, 1.165) is 16.5 Å². The number of aromatic amines is 1. The molecule has 0 saturated heterocycles. The van der Waals surface area contributed by atoms with E-state index in [-0.39, 0.29) is 32.0 Å². The lowest BCUT2D eigenvalue weighted by atomic mass is 10.1. The Balaban J connectivity index is 2.13. The van der Waals surface area contributed by atoms with E-state index in [0.29, 0.717) is 0 Å². The van der Waals surface area contributed by atoms with Crippen molar-refractivity contribution >= 4 is 28.9 Å². The van der Waals surface area contributed by atoms with E-state index in [1.807, 2.05) is 38.1 Å². The molecule has 2 atom stereocenters. The standard InChI is InChI=1S/C21H29N3O6/c1-4-30-20(28)18(25)12-24(11-13(2)3)21(29)23-17(19(26)27)9-14-10-22-16-8-6-5-7-15(14)16/h5-8,10,13,17-18,22,25H,4,9,11-12H2,1-3H3,(H,23,29)(H,26,27)/t17-,18-/m0/s1. The summed E-state index contributed by atoms with van der Waals surface area (Å²) in [6.45, 7) is 5.42. The van der Waals surface area contributed by atoms with Gasteiger partial charge in [0.1, 0.15) is 6.04 Å². The quantitative estimate of drug-likeness (QED) is 0.434. The first-order valence-corrected chi connectivity index (χ1v) is 9.90. The van der Waals surface area contributed by atoms with Gasteiger partial charge in [0.15, 0.2) is 6.10 Å². The molecule has 2 aromatic rings. The molecule has 2 rings (SSSR count). The number of urea groups is 1. The molecule has 0 fully saturated rings. The number of hydrogen-bond donors (Lipinski definition) is 4. The van der Waals surface area contributed by atoms with Gasteiger partial charge in [-0.25, -0.2) is 14.4 Å². The highest BCUT2D eigenvalue weighted by Gasteiger charge is 2.28. The highest BCUT2D eigenvalue weighted by Crippen LogP contribution is 2.19. The largest absolute Gasteiger partial charge is 0.480 e. The van der Waals surface area contributed by atoms with E-state index in [1.165, 1.54) is 4.90 Å². The second-order valence-corrected chi connectivity index (χ2v) is 7.47. The maximum atomic E-state index is 12.8. The smallest absolute Gasteiger partial charge is 0.336 e. The molecule has 30 heavy (non-hydrogen) atoms. The van der Waals surface area contributed by atoms with Crippen molar-refractivity contribution < 1.29 is 29.3 Å². The van der Waals surface area contributed by atoms with Crippen LogP contribution in [0.15, 0.2) is 30.5 Å². The first-order valence-electron chi connectivity index (χ1n) is 9.90. The number of carboxylic acids is 1. The lowest BCUT2D eigenvalue weighted by Crippen LogP contribution is -2.52. The molecular formula is C21H29N3O6. The number of rotatable bonds is 10. The fourth-order valence-corrected chi connectivity index (χ4v) is 3.16. The van der Waals surface area contributed by atoms with Crippen molar-refractivity contribution in [3.05, 3.63) is 36.0 Å². The van der Waals surface area contributed by atoms with Crippen LogP contribution in [0.5, 0.6) is 0 Å². The molecule has 4 N–H and O–H groups in total. The summed E-state index contributed by atoms with van der Waals surface area (Å²) in [5.41, 5.74) is 1.64. The van der Waals surface area contributed by atoms with Crippen molar-refractivity contribution in [1.82, 2.24) is 15.2 Å². The molecule has 1 heterocycles. The van der Waals surface area contributed by atoms with Crippen LogP contribution in [0.25, 0.3) is 10.9 Å². The van der Waals surface area contributed by atoms with Gasteiger partial charge in [-0.05, 0) is 24.5 Å². The zero-order chi connectivity index (χ0) is 22.3. The Bertz CT molecular complexity index is 879. The fourth-order valence-electron chi connectivity index (χ4n) is 3.16. The lowest BCUT2D eigenvalue weighted by molar-refractivity contribution is -0.153. The SMILES string of the molecule is CCOC(=O)[C@@H](O)CN(CC(C)C)C(=O)N[C@@H](Cc1c[nH]c2ccccc12)C(=O)O. The van der Waals surface area contributed by atoms with Crippen LogP contribution < -0.4 is 5.32 Å². The number of aromatic nitrogens is 1. The Labute approximate surface area is 175 Å². The molecule has 164 valence electrons. The molecule has 0 spiro atoms. The van der Waals surface area contributed by atoms with Crippen molar-refractivity contribution in [3.63, 3.8) is 0 Å². The zero-order valence-electron chi connectivity index (χ0n) is 17.4. The van der Waals surface area contributed by atoms with Gasteiger partial charge >= 0.3 is 18.0 Å². The number of carbonyl (C=O) groups is 3. The minimum absolute atomic E-state index is 0.0436. The molecule has 0 bridgehead atoms. The van der Waals surface area contributed by atoms with Crippen LogP contribution in [0.2, 0.25) is 0 Å². The third-order valence-corrected chi connectivity index (χ3v) is 4.52. The third-order valence-electron chi connectivity index (χ3n) is 4.52. The Morgan fingerprint density at radius 2 is 1.90 bits per heavy atom. The number of ether oxygens (including phenoxy) is 1. The third kappa shape index (κ3) is 6.21. The van der Waals surface area contributed by atoms with Crippen LogP contribution in [0.1, 0.15) is 26.3 Å². The monoisotopic (exact) mass is 419 g/mol. The van der Waals surface area contributed by atoms with Gasteiger partial charge in [-0.3, -0.25) is 0 Å². The predicted molar refractivity (Wildman–Crippen MR) is 111 cm³/mol. The molecule has 0 aliphatic carbocycles. The average Bonchev–Trinajstić information content (AvgIpc) is 3.09. The average molecular weight is 419 g/mol. The lowest BCUT2D eigenvalue weighted by Gasteiger charge is -2.28. The van der Waals surface area contributed by atoms with Gasteiger partial charge in [-0.2, -0.15) is 0 Å². The van der Waals surface area contributed by atoms with Gasteiger partial charge in [-0.1, -0.05) is 32.0 Å².